The zero-order valence-corrected chi connectivity index (χ0v) is 19.9. The van der Waals surface area contributed by atoms with Gasteiger partial charge in [-0.15, -0.1) is 11.3 Å². The van der Waals surface area contributed by atoms with E-state index in [4.69, 9.17) is 4.98 Å². The molecular formula is C26H18FN7OS. The normalized spacial score (nSPS) is 11.9. The van der Waals surface area contributed by atoms with Crippen LogP contribution in [0.4, 0.5) is 4.39 Å². The molecule has 8 nitrogen and oxygen atoms in total. The van der Waals surface area contributed by atoms with Crippen molar-refractivity contribution >= 4 is 81.7 Å². The van der Waals surface area contributed by atoms with Gasteiger partial charge in [0, 0.05) is 39.7 Å². The van der Waals surface area contributed by atoms with Gasteiger partial charge >= 0.3 is 0 Å². The van der Waals surface area contributed by atoms with Crippen molar-refractivity contribution in [3.63, 3.8) is 0 Å². The van der Waals surface area contributed by atoms with Gasteiger partial charge in [0.25, 0.3) is 0 Å². The topological polar surface area (TPSA) is 105 Å². The number of imidazole rings is 1. The number of rotatable bonds is 2. The van der Waals surface area contributed by atoms with Crippen LogP contribution in [0.25, 0.3) is 64.4 Å². The first-order valence-electron chi connectivity index (χ1n) is 11.5. The molecule has 0 aliphatic carbocycles. The zero-order chi connectivity index (χ0) is 24.4. The predicted octanol–water partition coefficient (Wildman–Crippen LogP) is 6.41. The number of thiophene rings is 1. The van der Waals surface area contributed by atoms with Crippen LogP contribution in [0.2, 0.25) is 0 Å². The second-order valence-electron chi connectivity index (χ2n) is 8.61. The van der Waals surface area contributed by atoms with E-state index in [-0.39, 0.29) is 5.91 Å². The molecule has 176 valence electrons. The highest BCUT2D eigenvalue weighted by Gasteiger charge is 2.16. The van der Waals surface area contributed by atoms with Gasteiger partial charge in [0.1, 0.15) is 21.7 Å². The van der Waals surface area contributed by atoms with Crippen LogP contribution in [-0.2, 0) is 0 Å². The van der Waals surface area contributed by atoms with Crippen molar-refractivity contribution in [1.29, 1.82) is 0 Å². The maximum atomic E-state index is 16.1. The fourth-order valence-electron chi connectivity index (χ4n) is 4.70. The third-order valence-corrected chi connectivity index (χ3v) is 7.46. The van der Waals surface area contributed by atoms with Crippen molar-refractivity contribution in [2.24, 2.45) is 0 Å². The molecule has 1 aromatic carbocycles. The first-order valence-corrected chi connectivity index (χ1v) is 12.3. The number of aromatic amines is 2. The molecule has 0 atom stereocenters. The van der Waals surface area contributed by atoms with Crippen LogP contribution in [0.1, 0.15) is 24.6 Å². The third kappa shape index (κ3) is 3.01. The maximum Gasteiger partial charge on any atom is 0.232 e. The molecular weight excluding hydrogens is 477 g/mol. The number of H-pyrrole nitrogens is 2. The Kier molecular flexibility index (Phi) is 4.52. The average Bonchev–Trinajstić information content (AvgIpc) is 3.62. The van der Waals surface area contributed by atoms with Gasteiger partial charge in [-0.2, -0.15) is 5.10 Å². The molecule has 0 aliphatic rings. The van der Waals surface area contributed by atoms with E-state index in [1.54, 1.807) is 41.4 Å². The standard InChI is InChI=1S/C26H18FN7OS/c1-2-3-19(35)34-14-10-13(11-28-12-14)15-4-5-17-21(22(15)27)24(33-32-17)26-30-23-16(8-9-29-25(23)31-26)18-6-7-20(34)36-18/h4-12H,2-3H2,1H3,(H,32,33)(H,29,30,31). The first kappa shape index (κ1) is 20.9. The summed E-state index contributed by atoms with van der Waals surface area (Å²) in [5.41, 5.74) is 3.16. The van der Waals surface area contributed by atoms with Gasteiger partial charge < -0.3 is 4.98 Å². The maximum absolute atomic E-state index is 16.1. The molecule has 10 heteroatoms. The number of hydrogen-bond acceptors (Lipinski definition) is 6. The lowest BCUT2D eigenvalue weighted by molar-refractivity contribution is 0.0912. The van der Waals surface area contributed by atoms with E-state index in [0.29, 0.717) is 62.4 Å². The summed E-state index contributed by atoms with van der Waals surface area (Å²) in [4.78, 5) is 30.9. The number of nitrogens with zero attached hydrogens (tertiary/aromatic N) is 5. The van der Waals surface area contributed by atoms with Crippen molar-refractivity contribution in [2.75, 3.05) is 0 Å². The van der Waals surface area contributed by atoms with Crippen LogP contribution < -0.4 is 0 Å². The fourth-order valence-corrected chi connectivity index (χ4v) is 5.77. The smallest absolute Gasteiger partial charge is 0.232 e. The zero-order valence-electron chi connectivity index (χ0n) is 19.0. The molecule has 0 amide bonds. The Balaban J connectivity index is 1.79. The highest BCUT2D eigenvalue weighted by Crippen LogP contribution is 2.31. The largest absolute Gasteiger partial charge is 0.321 e. The quantitative estimate of drug-likeness (QED) is 0.288. The Labute approximate surface area is 206 Å². The van der Waals surface area contributed by atoms with Gasteiger partial charge in [0.2, 0.25) is 5.91 Å². The van der Waals surface area contributed by atoms with Crippen LogP contribution in [0, 0.1) is 5.82 Å². The van der Waals surface area contributed by atoms with E-state index in [0.717, 1.165) is 14.9 Å². The second kappa shape index (κ2) is 7.79. The predicted molar refractivity (Wildman–Crippen MR) is 140 cm³/mol. The highest BCUT2D eigenvalue weighted by molar-refractivity contribution is 7.24. The molecule has 36 heavy (non-hydrogen) atoms. The van der Waals surface area contributed by atoms with Crippen molar-refractivity contribution in [3.8, 4) is 0 Å². The summed E-state index contributed by atoms with van der Waals surface area (Å²) in [7, 11) is 0. The lowest BCUT2D eigenvalue weighted by Crippen LogP contribution is -2.10. The number of carbonyl (C=O) groups excluding carboxylic acids is 1. The SMILES string of the molecule is CCCC(=O)n1c2cncc(c2)c2ccc3[nH]nc(c4nc5c(nccc5c5ccc1s5)[nH]4)c3c2F. The van der Waals surface area contributed by atoms with E-state index in [1.807, 2.05) is 25.1 Å². The molecule has 6 heterocycles. The molecule has 0 saturated heterocycles. The summed E-state index contributed by atoms with van der Waals surface area (Å²) in [5.74, 6) is -0.493. The molecule has 8 bridgehead atoms. The number of benzene rings is 1. The van der Waals surface area contributed by atoms with Crippen molar-refractivity contribution < 1.29 is 9.18 Å². The van der Waals surface area contributed by atoms with Crippen LogP contribution in [0.3, 0.4) is 0 Å². The number of aromatic nitrogens is 7. The number of fused-ring (bicyclic) bond motifs is 9. The molecule has 0 fully saturated rings. The minimum Gasteiger partial charge on any atom is -0.321 e. The van der Waals surface area contributed by atoms with Crippen molar-refractivity contribution in [3.05, 3.63) is 60.8 Å². The Bertz CT molecular complexity index is 2070. The highest BCUT2D eigenvalue weighted by atomic mass is 32.1. The van der Waals surface area contributed by atoms with Gasteiger partial charge in [-0.1, -0.05) is 6.92 Å². The van der Waals surface area contributed by atoms with Gasteiger partial charge in [0.15, 0.2) is 11.3 Å². The van der Waals surface area contributed by atoms with Crippen LogP contribution in [0.5, 0.6) is 0 Å². The minimum absolute atomic E-state index is 0.0517. The molecule has 0 aliphatic heterocycles. The molecule has 6 aromatic heterocycles. The lowest BCUT2D eigenvalue weighted by Gasteiger charge is -2.07. The summed E-state index contributed by atoms with van der Waals surface area (Å²) < 4.78 is 18.7. The number of nitrogens with one attached hydrogen (secondary N) is 2. The van der Waals surface area contributed by atoms with E-state index < -0.39 is 5.82 Å². The van der Waals surface area contributed by atoms with Gasteiger partial charge in [-0.25, -0.2) is 14.4 Å². The third-order valence-electron chi connectivity index (χ3n) is 6.36. The summed E-state index contributed by atoms with van der Waals surface area (Å²) in [6.45, 7) is 1.97. The summed E-state index contributed by atoms with van der Waals surface area (Å²) in [6.07, 6.45) is 6.02. The lowest BCUT2D eigenvalue weighted by atomic mass is 10.1. The fraction of sp³-hybridized carbons (Fsp3) is 0.115. The molecule has 0 radical (unpaired) electrons. The Morgan fingerprint density at radius 3 is 2.89 bits per heavy atom. The van der Waals surface area contributed by atoms with Crippen LogP contribution in [-0.4, -0.2) is 40.6 Å². The number of hydrogen-bond donors (Lipinski definition) is 2. The molecule has 0 saturated carbocycles. The minimum atomic E-state index is -0.442. The monoisotopic (exact) mass is 495 g/mol. The van der Waals surface area contributed by atoms with E-state index in [9.17, 15) is 4.79 Å². The number of pyridine rings is 2. The van der Waals surface area contributed by atoms with Crippen molar-refractivity contribution in [2.45, 2.75) is 19.8 Å². The van der Waals surface area contributed by atoms with E-state index in [1.165, 1.54) is 11.3 Å². The number of halogens is 1. The second-order valence-corrected chi connectivity index (χ2v) is 9.67. The summed E-state index contributed by atoms with van der Waals surface area (Å²) in [5, 5.41) is 9.40. The van der Waals surface area contributed by atoms with Gasteiger partial charge in [0.05, 0.1) is 22.6 Å². The number of carbonyl (C=O) groups is 1. The van der Waals surface area contributed by atoms with Gasteiger partial charge in [-0.3, -0.25) is 19.4 Å². The van der Waals surface area contributed by atoms with Crippen LogP contribution in [0.15, 0.2) is 55.0 Å². The average molecular weight is 496 g/mol. The van der Waals surface area contributed by atoms with Gasteiger partial charge in [-0.05, 0) is 42.8 Å². The Hall–Kier alpha value is -4.44. The molecule has 0 spiro atoms. The first-order chi connectivity index (χ1) is 17.6. The van der Waals surface area contributed by atoms with E-state index >= 15 is 4.39 Å². The molecule has 7 aromatic rings. The summed E-state index contributed by atoms with van der Waals surface area (Å²) >= 11 is 1.48. The van der Waals surface area contributed by atoms with Crippen LogP contribution >= 0.6 is 11.3 Å². The molecule has 2 N–H and O–H groups in total. The summed E-state index contributed by atoms with van der Waals surface area (Å²) in [6, 6.07) is 11.1. The van der Waals surface area contributed by atoms with E-state index in [2.05, 4.69) is 25.1 Å². The Morgan fingerprint density at radius 1 is 1.08 bits per heavy atom. The molecule has 7 rings (SSSR count). The molecule has 0 unspecified atom stereocenters. The Morgan fingerprint density at radius 2 is 2.00 bits per heavy atom. The van der Waals surface area contributed by atoms with Crippen molar-refractivity contribution in [1.82, 2.24) is 34.7 Å².